The number of rotatable bonds is 4. The molecule has 94 valence electrons. The van der Waals surface area contributed by atoms with Crippen molar-refractivity contribution in [2.75, 3.05) is 12.4 Å². The third kappa shape index (κ3) is 2.71. The fraction of sp³-hybridized carbons (Fsp3) is 0.333. The van der Waals surface area contributed by atoms with E-state index in [0.29, 0.717) is 12.4 Å². The van der Waals surface area contributed by atoms with Gasteiger partial charge in [0.15, 0.2) is 0 Å². The maximum atomic E-state index is 5.13. The smallest absolute Gasteiger partial charge is 0.221 e. The van der Waals surface area contributed by atoms with E-state index in [4.69, 9.17) is 4.74 Å². The van der Waals surface area contributed by atoms with E-state index in [1.807, 2.05) is 13.8 Å². The molecule has 0 aliphatic rings. The maximum absolute atomic E-state index is 5.13. The second-order valence-electron chi connectivity index (χ2n) is 3.86. The Kier molecular flexibility index (Phi) is 3.66. The molecule has 2 aromatic rings. The fourth-order valence-electron chi connectivity index (χ4n) is 1.50. The van der Waals surface area contributed by atoms with Crippen LogP contribution in [0.5, 0.6) is 5.88 Å². The molecule has 2 heterocycles. The second kappa shape index (κ2) is 5.39. The number of aryl methyl sites for hydroxylation is 1. The predicted molar refractivity (Wildman–Crippen MR) is 67.4 cm³/mol. The van der Waals surface area contributed by atoms with Gasteiger partial charge in [0.2, 0.25) is 5.88 Å². The van der Waals surface area contributed by atoms with Crippen molar-refractivity contribution in [3.63, 3.8) is 0 Å². The normalized spacial score (nSPS) is 10.2. The highest BCUT2D eigenvalue weighted by Gasteiger charge is 2.06. The molecule has 1 N–H and O–H groups in total. The van der Waals surface area contributed by atoms with Crippen LogP contribution >= 0.6 is 0 Å². The number of nitrogens with one attached hydrogen (secondary N) is 1. The first kappa shape index (κ1) is 12.2. The van der Waals surface area contributed by atoms with Gasteiger partial charge in [-0.05, 0) is 13.8 Å². The Bertz CT molecular complexity index is 526. The summed E-state index contributed by atoms with van der Waals surface area (Å²) in [6.07, 6.45) is 4.95. The molecular weight excluding hydrogens is 230 g/mol. The zero-order valence-corrected chi connectivity index (χ0v) is 10.6. The van der Waals surface area contributed by atoms with E-state index in [1.54, 1.807) is 19.5 Å². The quantitative estimate of drug-likeness (QED) is 0.880. The predicted octanol–water partition coefficient (Wildman–Crippen LogP) is 1.50. The molecule has 0 unspecified atom stereocenters. The molecule has 2 rings (SSSR count). The van der Waals surface area contributed by atoms with Crippen LogP contribution in [0.1, 0.15) is 17.0 Å². The lowest BCUT2D eigenvalue weighted by Gasteiger charge is -2.09. The van der Waals surface area contributed by atoms with Crippen LogP contribution in [-0.2, 0) is 6.54 Å². The summed E-state index contributed by atoms with van der Waals surface area (Å²) in [4.78, 5) is 16.6. The molecule has 0 bridgehead atoms. The van der Waals surface area contributed by atoms with Crippen LogP contribution in [0.25, 0.3) is 0 Å². The van der Waals surface area contributed by atoms with Crippen LogP contribution in [0, 0.1) is 13.8 Å². The number of ether oxygens (including phenoxy) is 1. The molecular formula is C12H15N5O. The summed E-state index contributed by atoms with van der Waals surface area (Å²) in [7, 11) is 1.59. The number of nitrogens with zero attached hydrogens (tertiary/aromatic N) is 4. The molecule has 0 radical (unpaired) electrons. The molecule has 6 nitrogen and oxygen atoms in total. The minimum atomic E-state index is 0.564. The lowest BCUT2D eigenvalue weighted by Crippen LogP contribution is -2.06. The largest absolute Gasteiger partial charge is 0.481 e. The van der Waals surface area contributed by atoms with Gasteiger partial charge in [-0.15, -0.1) is 0 Å². The SMILES string of the molecule is COc1ncnc(NCc2cnc(C)cn2)c1C. The van der Waals surface area contributed by atoms with Gasteiger partial charge < -0.3 is 10.1 Å². The zero-order chi connectivity index (χ0) is 13.0. The Morgan fingerprint density at radius 1 is 1.11 bits per heavy atom. The van der Waals surface area contributed by atoms with Crippen LogP contribution < -0.4 is 10.1 Å². The average Bonchev–Trinajstić information content (AvgIpc) is 2.39. The fourth-order valence-corrected chi connectivity index (χ4v) is 1.50. The monoisotopic (exact) mass is 245 g/mol. The molecule has 0 fully saturated rings. The molecule has 0 atom stereocenters. The van der Waals surface area contributed by atoms with Gasteiger partial charge >= 0.3 is 0 Å². The van der Waals surface area contributed by atoms with Crippen LogP contribution in [0.4, 0.5) is 5.82 Å². The van der Waals surface area contributed by atoms with Gasteiger partial charge in [-0.1, -0.05) is 0 Å². The van der Waals surface area contributed by atoms with Crippen LogP contribution in [-0.4, -0.2) is 27.0 Å². The molecule has 18 heavy (non-hydrogen) atoms. The number of hydrogen-bond acceptors (Lipinski definition) is 6. The lowest BCUT2D eigenvalue weighted by atomic mass is 10.3. The van der Waals surface area contributed by atoms with Gasteiger partial charge in [0.25, 0.3) is 0 Å². The maximum Gasteiger partial charge on any atom is 0.221 e. The standard InChI is InChI=1S/C12H15N5O/c1-8-4-14-10(5-13-8)6-15-11-9(2)12(18-3)17-7-16-11/h4-5,7H,6H2,1-3H3,(H,15,16,17). The first-order valence-corrected chi connectivity index (χ1v) is 5.57. The van der Waals surface area contributed by atoms with Crippen molar-refractivity contribution in [1.29, 1.82) is 0 Å². The summed E-state index contributed by atoms with van der Waals surface area (Å²) < 4.78 is 5.13. The number of aromatic nitrogens is 4. The topological polar surface area (TPSA) is 72.8 Å². The van der Waals surface area contributed by atoms with E-state index in [2.05, 4.69) is 25.3 Å². The Morgan fingerprint density at radius 3 is 2.61 bits per heavy atom. The first-order valence-electron chi connectivity index (χ1n) is 5.57. The summed E-state index contributed by atoms with van der Waals surface area (Å²) >= 11 is 0. The van der Waals surface area contributed by atoms with E-state index >= 15 is 0 Å². The third-order valence-corrected chi connectivity index (χ3v) is 2.50. The van der Waals surface area contributed by atoms with Crippen molar-refractivity contribution in [2.24, 2.45) is 0 Å². The van der Waals surface area contributed by atoms with Crippen molar-refractivity contribution < 1.29 is 4.74 Å². The molecule has 0 amide bonds. The highest BCUT2D eigenvalue weighted by atomic mass is 16.5. The van der Waals surface area contributed by atoms with E-state index in [0.717, 1.165) is 22.8 Å². The van der Waals surface area contributed by atoms with E-state index in [9.17, 15) is 0 Å². The number of hydrogen-bond donors (Lipinski definition) is 1. The molecule has 0 saturated heterocycles. The molecule has 0 saturated carbocycles. The third-order valence-electron chi connectivity index (χ3n) is 2.50. The zero-order valence-electron chi connectivity index (χ0n) is 10.6. The summed E-state index contributed by atoms with van der Waals surface area (Å²) in [5, 5.41) is 3.19. The molecule has 0 aliphatic heterocycles. The van der Waals surface area contributed by atoms with E-state index in [1.165, 1.54) is 6.33 Å². The first-order chi connectivity index (χ1) is 8.70. The Hall–Kier alpha value is -2.24. The second-order valence-corrected chi connectivity index (χ2v) is 3.86. The number of methoxy groups -OCH3 is 1. The van der Waals surface area contributed by atoms with Gasteiger partial charge in [-0.25, -0.2) is 9.97 Å². The average molecular weight is 245 g/mol. The molecule has 2 aromatic heterocycles. The van der Waals surface area contributed by atoms with Crippen molar-refractivity contribution in [2.45, 2.75) is 20.4 Å². The molecule has 0 aromatic carbocycles. The van der Waals surface area contributed by atoms with Crippen molar-refractivity contribution in [1.82, 2.24) is 19.9 Å². The highest BCUT2D eigenvalue weighted by Crippen LogP contribution is 2.19. The summed E-state index contributed by atoms with van der Waals surface area (Å²) in [6, 6.07) is 0. The lowest BCUT2D eigenvalue weighted by molar-refractivity contribution is 0.393. The van der Waals surface area contributed by atoms with Gasteiger partial charge in [0.05, 0.1) is 36.8 Å². The van der Waals surface area contributed by atoms with Crippen molar-refractivity contribution >= 4 is 5.82 Å². The van der Waals surface area contributed by atoms with Gasteiger partial charge in [0.1, 0.15) is 12.1 Å². The van der Waals surface area contributed by atoms with Gasteiger partial charge in [-0.3, -0.25) is 9.97 Å². The van der Waals surface area contributed by atoms with E-state index < -0.39 is 0 Å². The van der Waals surface area contributed by atoms with Crippen molar-refractivity contribution in [3.05, 3.63) is 35.7 Å². The number of anilines is 1. The van der Waals surface area contributed by atoms with Gasteiger partial charge in [-0.2, -0.15) is 0 Å². The molecule has 0 aliphatic carbocycles. The van der Waals surface area contributed by atoms with Crippen LogP contribution in [0.15, 0.2) is 18.7 Å². The summed E-state index contributed by atoms with van der Waals surface area (Å²) in [5.41, 5.74) is 2.64. The van der Waals surface area contributed by atoms with Crippen LogP contribution in [0.3, 0.4) is 0 Å². The minimum absolute atomic E-state index is 0.564. The Labute approximate surface area is 105 Å². The van der Waals surface area contributed by atoms with Crippen molar-refractivity contribution in [3.8, 4) is 5.88 Å². The van der Waals surface area contributed by atoms with E-state index in [-0.39, 0.29) is 0 Å². The Balaban J connectivity index is 2.08. The molecule has 6 heteroatoms. The molecule has 0 spiro atoms. The van der Waals surface area contributed by atoms with Gasteiger partial charge in [0, 0.05) is 6.20 Å². The van der Waals surface area contributed by atoms with Crippen LogP contribution in [0.2, 0.25) is 0 Å². The summed E-state index contributed by atoms with van der Waals surface area (Å²) in [5.74, 6) is 1.31. The minimum Gasteiger partial charge on any atom is -0.481 e. The highest BCUT2D eigenvalue weighted by molar-refractivity contribution is 5.47. The summed E-state index contributed by atoms with van der Waals surface area (Å²) in [6.45, 7) is 4.37. The Morgan fingerprint density at radius 2 is 1.94 bits per heavy atom.